The van der Waals surface area contributed by atoms with E-state index in [1.807, 2.05) is 75.4 Å². The smallest absolute Gasteiger partial charge is 0.232 e. The maximum atomic E-state index is 10.6. The largest absolute Gasteiger partial charge is 0.477 e. The molecule has 0 saturated heterocycles. The molecule has 8 rings (SSSR count). The van der Waals surface area contributed by atoms with E-state index in [9.17, 15) is 10.2 Å². The number of hydrogen-bond acceptors (Lipinski definition) is 12. The molecular weight excluding hydrogens is 664 g/mol. The molecule has 0 radical (unpaired) electrons. The van der Waals surface area contributed by atoms with Crippen LogP contribution in [0, 0.1) is 13.8 Å². The Hall–Kier alpha value is -5.22. The third-order valence-electron chi connectivity index (χ3n) is 10.3. The standard InChI is InChI=1S/2C18H24N6O2/c2*1-4-26-16-12-7-9-19-15(12)22-17(23-16)21-13-10-20-24(11(13)2)14-6-5-8-18(14,3)25/h2*7,9-10,14,25H,4-6,8H2,1-3H3,(H2,19,21,22,23). The van der Waals surface area contributed by atoms with Crippen LogP contribution in [0.2, 0.25) is 0 Å². The number of rotatable bonds is 10. The van der Waals surface area contributed by atoms with Gasteiger partial charge in [0.15, 0.2) is 0 Å². The first-order chi connectivity index (χ1) is 25.0. The predicted octanol–water partition coefficient (Wildman–Crippen LogP) is 6.16. The number of H-pyrrole nitrogens is 2. The van der Waals surface area contributed by atoms with Crippen molar-refractivity contribution in [3.63, 3.8) is 0 Å². The van der Waals surface area contributed by atoms with Crippen molar-refractivity contribution < 1.29 is 19.7 Å². The highest BCUT2D eigenvalue weighted by Crippen LogP contribution is 2.41. The molecule has 2 saturated carbocycles. The second kappa shape index (κ2) is 14.1. The second-order valence-electron chi connectivity index (χ2n) is 14.0. The molecule has 4 atom stereocenters. The topological polar surface area (TPSA) is 202 Å². The van der Waals surface area contributed by atoms with Crippen LogP contribution in [0.15, 0.2) is 36.9 Å². The average molecular weight is 713 g/mol. The number of ether oxygens (including phenoxy) is 2. The van der Waals surface area contributed by atoms with Crippen LogP contribution in [0.25, 0.3) is 22.1 Å². The molecule has 0 spiro atoms. The van der Waals surface area contributed by atoms with Gasteiger partial charge in [-0.2, -0.15) is 30.1 Å². The molecule has 6 aromatic heterocycles. The van der Waals surface area contributed by atoms with Crippen molar-refractivity contribution in [2.75, 3.05) is 23.8 Å². The highest BCUT2D eigenvalue weighted by Gasteiger charge is 2.40. The van der Waals surface area contributed by atoms with Gasteiger partial charge in [0.05, 0.1) is 82.4 Å². The third kappa shape index (κ3) is 6.75. The highest BCUT2D eigenvalue weighted by atomic mass is 16.5. The molecule has 52 heavy (non-hydrogen) atoms. The zero-order valence-corrected chi connectivity index (χ0v) is 30.6. The SMILES string of the molecule is CCOc1nc(Nc2cnn(C3CCCC3(C)O)c2C)nc2[nH]ccc12.CCOc1nc(Nc2cnn(C3CCCC3(C)O)c2C)nc2[nH]ccc12. The number of aromatic nitrogens is 10. The van der Waals surface area contributed by atoms with Crippen LogP contribution in [-0.4, -0.2) is 84.1 Å². The molecule has 276 valence electrons. The van der Waals surface area contributed by atoms with Gasteiger partial charge < -0.3 is 40.3 Å². The fourth-order valence-corrected chi connectivity index (χ4v) is 7.43. The van der Waals surface area contributed by atoms with Crippen LogP contribution in [-0.2, 0) is 0 Å². The summed E-state index contributed by atoms with van der Waals surface area (Å²) < 4.78 is 15.1. The molecule has 6 heterocycles. The van der Waals surface area contributed by atoms with Gasteiger partial charge in [-0.3, -0.25) is 9.36 Å². The lowest BCUT2D eigenvalue weighted by Gasteiger charge is -2.26. The Labute approximate surface area is 301 Å². The Balaban J connectivity index is 0.000000162. The minimum Gasteiger partial charge on any atom is -0.477 e. The molecule has 4 unspecified atom stereocenters. The quantitative estimate of drug-likeness (QED) is 0.0946. The van der Waals surface area contributed by atoms with Gasteiger partial charge in [-0.15, -0.1) is 0 Å². The lowest BCUT2D eigenvalue weighted by Crippen LogP contribution is -2.32. The first-order valence-electron chi connectivity index (χ1n) is 18.0. The molecular formula is C36H48N12O4. The van der Waals surface area contributed by atoms with Gasteiger partial charge in [0.1, 0.15) is 11.3 Å². The molecule has 16 nitrogen and oxygen atoms in total. The Morgan fingerprint density at radius 2 is 1.15 bits per heavy atom. The Bertz CT molecular complexity index is 2010. The van der Waals surface area contributed by atoms with E-state index in [2.05, 4.69) is 50.7 Å². The maximum absolute atomic E-state index is 10.6. The maximum Gasteiger partial charge on any atom is 0.232 e. The monoisotopic (exact) mass is 712 g/mol. The summed E-state index contributed by atoms with van der Waals surface area (Å²) >= 11 is 0. The van der Waals surface area contributed by atoms with E-state index in [1.165, 1.54) is 0 Å². The average Bonchev–Trinajstić information content (AvgIpc) is 3.96. The normalized spacial score (nSPS) is 22.8. The predicted molar refractivity (Wildman–Crippen MR) is 198 cm³/mol. The summed E-state index contributed by atoms with van der Waals surface area (Å²) in [6, 6.07) is 3.78. The highest BCUT2D eigenvalue weighted by molar-refractivity contribution is 5.83. The van der Waals surface area contributed by atoms with Crippen molar-refractivity contribution in [1.29, 1.82) is 0 Å². The summed E-state index contributed by atoms with van der Waals surface area (Å²) in [4.78, 5) is 24.2. The number of anilines is 4. The van der Waals surface area contributed by atoms with E-state index in [0.29, 0.717) is 36.9 Å². The van der Waals surface area contributed by atoms with Gasteiger partial charge in [0.25, 0.3) is 0 Å². The fourth-order valence-electron chi connectivity index (χ4n) is 7.43. The van der Waals surface area contributed by atoms with Crippen molar-refractivity contribution in [2.24, 2.45) is 0 Å². The molecule has 2 fully saturated rings. The molecule has 0 bridgehead atoms. The summed E-state index contributed by atoms with van der Waals surface area (Å²) in [6.07, 6.45) is 12.6. The van der Waals surface area contributed by atoms with Crippen LogP contribution in [0.5, 0.6) is 11.8 Å². The summed E-state index contributed by atoms with van der Waals surface area (Å²) in [5.41, 5.74) is 3.52. The first kappa shape index (κ1) is 35.2. The van der Waals surface area contributed by atoms with Crippen LogP contribution in [0.1, 0.15) is 89.7 Å². The van der Waals surface area contributed by atoms with E-state index < -0.39 is 11.2 Å². The van der Waals surface area contributed by atoms with Gasteiger partial charge in [-0.25, -0.2) is 0 Å². The van der Waals surface area contributed by atoms with E-state index in [0.717, 1.165) is 83.4 Å². The molecule has 0 amide bonds. The van der Waals surface area contributed by atoms with Crippen molar-refractivity contribution in [3.8, 4) is 11.8 Å². The zero-order chi connectivity index (χ0) is 36.6. The minimum absolute atomic E-state index is 0.0103. The minimum atomic E-state index is -0.726. The summed E-state index contributed by atoms with van der Waals surface area (Å²) in [5, 5.41) is 38.4. The first-order valence-corrected chi connectivity index (χ1v) is 18.0. The molecule has 0 aliphatic heterocycles. The van der Waals surface area contributed by atoms with Gasteiger partial charge in [-0.05, 0) is 92.2 Å². The van der Waals surface area contributed by atoms with Crippen molar-refractivity contribution in [2.45, 2.75) is 103 Å². The summed E-state index contributed by atoms with van der Waals surface area (Å²) in [5.74, 6) is 1.99. The van der Waals surface area contributed by atoms with E-state index in [1.54, 1.807) is 12.4 Å². The molecule has 2 aliphatic carbocycles. The summed E-state index contributed by atoms with van der Waals surface area (Å²) in [6.45, 7) is 12.7. The second-order valence-corrected chi connectivity index (χ2v) is 14.0. The number of nitrogens with zero attached hydrogens (tertiary/aromatic N) is 8. The zero-order valence-electron chi connectivity index (χ0n) is 30.6. The van der Waals surface area contributed by atoms with E-state index >= 15 is 0 Å². The van der Waals surface area contributed by atoms with Crippen LogP contribution in [0.3, 0.4) is 0 Å². The Kier molecular flexibility index (Phi) is 9.52. The van der Waals surface area contributed by atoms with Gasteiger partial charge in [0, 0.05) is 12.4 Å². The van der Waals surface area contributed by atoms with E-state index in [-0.39, 0.29) is 12.1 Å². The summed E-state index contributed by atoms with van der Waals surface area (Å²) in [7, 11) is 0. The number of aliphatic hydroxyl groups is 2. The third-order valence-corrected chi connectivity index (χ3v) is 10.3. The van der Waals surface area contributed by atoms with Crippen LogP contribution >= 0.6 is 0 Å². The van der Waals surface area contributed by atoms with Crippen LogP contribution in [0.4, 0.5) is 23.3 Å². The van der Waals surface area contributed by atoms with E-state index in [4.69, 9.17) is 9.47 Å². The lowest BCUT2D eigenvalue weighted by molar-refractivity contribution is 0.0210. The van der Waals surface area contributed by atoms with Crippen LogP contribution < -0.4 is 20.1 Å². The van der Waals surface area contributed by atoms with Gasteiger partial charge >= 0.3 is 0 Å². The van der Waals surface area contributed by atoms with Crippen molar-refractivity contribution in [3.05, 3.63) is 48.3 Å². The Morgan fingerprint density at radius 1 is 0.731 bits per heavy atom. The number of aromatic amines is 2. The van der Waals surface area contributed by atoms with Crippen molar-refractivity contribution in [1.82, 2.24) is 49.5 Å². The van der Waals surface area contributed by atoms with Crippen molar-refractivity contribution >= 4 is 45.3 Å². The number of fused-ring (bicyclic) bond motifs is 2. The number of hydrogen-bond donors (Lipinski definition) is 6. The van der Waals surface area contributed by atoms with Gasteiger partial charge in [-0.1, -0.05) is 0 Å². The molecule has 6 N–H and O–H groups in total. The molecule has 2 aliphatic rings. The van der Waals surface area contributed by atoms with Gasteiger partial charge in [0.2, 0.25) is 23.7 Å². The molecule has 16 heteroatoms. The fraction of sp³-hybridized carbons (Fsp3) is 0.500. The lowest BCUT2D eigenvalue weighted by atomic mass is 10.0. The Morgan fingerprint density at radius 3 is 1.52 bits per heavy atom. The molecule has 0 aromatic carbocycles. The molecule has 6 aromatic rings. The number of nitrogens with one attached hydrogen (secondary N) is 4.